The fraction of sp³-hybridized carbons (Fsp3) is 0.657. The van der Waals surface area contributed by atoms with Crippen LogP contribution in [0.2, 0.25) is 0 Å². The molecule has 1 unspecified atom stereocenters. The maximum absolute atomic E-state index is 12.5. The summed E-state index contributed by atoms with van der Waals surface area (Å²) < 4.78 is 1.23. The van der Waals surface area contributed by atoms with Gasteiger partial charge in [0.25, 0.3) is 0 Å². The van der Waals surface area contributed by atoms with Crippen LogP contribution in [-0.4, -0.2) is 92.8 Å². The monoisotopic (exact) mass is 644 g/mol. The molecule has 1 aliphatic heterocycles. The van der Waals surface area contributed by atoms with E-state index in [2.05, 4.69) is 85.7 Å². The van der Waals surface area contributed by atoms with Gasteiger partial charge < -0.3 is 21.3 Å². The van der Waals surface area contributed by atoms with Crippen LogP contribution in [-0.2, 0) is 20.8 Å². The number of primary amides is 1. The van der Waals surface area contributed by atoms with Gasteiger partial charge in [0.2, 0.25) is 12.3 Å². The van der Waals surface area contributed by atoms with Gasteiger partial charge in [-0.1, -0.05) is 66.0 Å². The van der Waals surface area contributed by atoms with Crippen LogP contribution in [0.5, 0.6) is 0 Å². The molecule has 2 amide bonds. The number of carbonyl (C=O) groups excluding carboxylic acids is 3. The number of aldehydes is 1. The Bertz CT molecular complexity index is 1120. The number of thiazole rings is 1. The van der Waals surface area contributed by atoms with Gasteiger partial charge in [-0.15, -0.1) is 11.3 Å². The number of amides is 2. The lowest BCUT2D eigenvalue weighted by atomic mass is 9.83. The van der Waals surface area contributed by atoms with E-state index < -0.39 is 0 Å². The Morgan fingerprint density at radius 3 is 2.31 bits per heavy atom. The Hall–Kier alpha value is -2.66. The third kappa shape index (κ3) is 16.5. The van der Waals surface area contributed by atoms with Crippen molar-refractivity contribution in [1.29, 1.82) is 0 Å². The van der Waals surface area contributed by atoms with E-state index in [0.717, 1.165) is 62.5 Å². The molecule has 1 aliphatic carbocycles. The van der Waals surface area contributed by atoms with Crippen LogP contribution < -0.4 is 16.4 Å². The minimum atomic E-state index is 0.156. The van der Waals surface area contributed by atoms with Gasteiger partial charge in [-0.05, 0) is 62.0 Å². The normalized spacial score (nSPS) is 16.2. The van der Waals surface area contributed by atoms with Crippen LogP contribution in [0.25, 0.3) is 10.2 Å². The zero-order chi connectivity index (χ0) is 33.6. The van der Waals surface area contributed by atoms with Crippen molar-refractivity contribution < 1.29 is 14.4 Å². The number of hydrogen-bond donors (Lipinski definition) is 3. The molecule has 10 heteroatoms. The molecular weight excluding hydrogens is 584 g/mol. The third-order valence-electron chi connectivity index (χ3n) is 7.87. The maximum atomic E-state index is 12.5. The molecule has 0 spiro atoms. The predicted octanol–water partition coefficient (Wildman–Crippen LogP) is 5.14. The highest BCUT2D eigenvalue weighted by molar-refractivity contribution is 7.18. The van der Waals surface area contributed by atoms with Crippen LogP contribution in [0.3, 0.4) is 0 Å². The van der Waals surface area contributed by atoms with E-state index in [-0.39, 0.29) is 18.4 Å². The number of nitrogens with two attached hydrogens (primary N) is 1. The first-order valence-electron chi connectivity index (χ1n) is 16.6. The molecule has 0 bridgehead atoms. The SMILES string of the molecule is C=C(C=O)CN1CCN(C)CC1.CCC.CNCC(NC(=O)CCc1nc2ccc(C(C)C)cc2s1)C1CCCCC1.NC=O. The molecule has 254 valence electrons. The van der Waals surface area contributed by atoms with Gasteiger partial charge in [0, 0.05) is 58.2 Å². The van der Waals surface area contributed by atoms with Crippen molar-refractivity contribution in [1.82, 2.24) is 25.4 Å². The fourth-order valence-corrected chi connectivity index (χ4v) is 6.39. The Labute approximate surface area is 276 Å². The summed E-state index contributed by atoms with van der Waals surface area (Å²) in [6.07, 6.45) is 10.00. The van der Waals surface area contributed by atoms with E-state index in [1.54, 1.807) is 11.3 Å². The summed E-state index contributed by atoms with van der Waals surface area (Å²) in [7, 11) is 4.08. The second-order valence-corrected chi connectivity index (χ2v) is 13.4. The average Bonchev–Trinajstić information content (AvgIpc) is 3.45. The van der Waals surface area contributed by atoms with Gasteiger partial charge in [0.05, 0.1) is 15.2 Å². The van der Waals surface area contributed by atoms with Crippen molar-refractivity contribution in [2.24, 2.45) is 11.7 Å². The van der Waals surface area contributed by atoms with E-state index in [0.29, 0.717) is 23.8 Å². The van der Waals surface area contributed by atoms with Crippen LogP contribution in [0, 0.1) is 5.92 Å². The molecule has 4 N–H and O–H groups in total. The number of aromatic nitrogens is 1. The number of likely N-dealkylation sites (N-methyl/N-ethyl adjacent to an activating group) is 2. The second-order valence-electron chi connectivity index (χ2n) is 12.3. The molecule has 2 aliphatic rings. The zero-order valence-corrected chi connectivity index (χ0v) is 29.6. The molecular formula is C35H60N6O3S. The summed E-state index contributed by atoms with van der Waals surface area (Å²) in [6.45, 7) is 18.2. The first kappa shape index (κ1) is 40.4. The van der Waals surface area contributed by atoms with Gasteiger partial charge in [-0.25, -0.2) is 4.98 Å². The third-order valence-corrected chi connectivity index (χ3v) is 8.95. The topological polar surface area (TPSA) is 121 Å². The second kappa shape index (κ2) is 23.6. The molecule has 1 saturated carbocycles. The summed E-state index contributed by atoms with van der Waals surface area (Å²) in [6, 6.07) is 6.77. The van der Waals surface area contributed by atoms with Crippen LogP contribution in [0.1, 0.15) is 89.1 Å². The number of rotatable bonds is 11. The number of aryl methyl sites for hydroxylation is 1. The summed E-state index contributed by atoms with van der Waals surface area (Å²) in [4.78, 5) is 40.7. The smallest absolute Gasteiger partial charge is 0.220 e. The minimum Gasteiger partial charge on any atom is -0.372 e. The molecule has 0 radical (unpaired) electrons. The van der Waals surface area contributed by atoms with Gasteiger partial charge in [0.15, 0.2) is 0 Å². The molecule has 1 atom stereocenters. The predicted molar refractivity (Wildman–Crippen MR) is 190 cm³/mol. The lowest BCUT2D eigenvalue weighted by molar-refractivity contribution is -0.122. The van der Waals surface area contributed by atoms with Gasteiger partial charge in [-0.2, -0.15) is 0 Å². The first-order chi connectivity index (χ1) is 21.6. The fourth-order valence-electron chi connectivity index (χ4n) is 5.38. The summed E-state index contributed by atoms with van der Waals surface area (Å²) in [5.74, 6) is 1.30. The van der Waals surface area contributed by atoms with E-state index in [9.17, 15) is 9.59 Å². The van der Waals surface area contributed by atoms with E-state index in [1.165, 1.54) is 48.8 Å². The average molecular weight is 645 g/mol. The lowest BCUT2D eigenvalue weighted by Gasteiger charge is -2.32. The van der Waals surface area contributed by atoms with Crippen molar-refractivity contribution in [3.8, 4) is 0 Å². The lowest BCUT2D eigenvalue weighted by Crippen LogP contribution is -2.46. The Kier molecular flexibility index (Phi) is 21.2. The van der Waals surface area contributed by atoms with Crippen LogP contribution in [0.15, 0.2) is 30.4 Å². The molecule has 45 heavy (non-hydrogen) atoms. The Balaban J connectivity index is 0.000000466. The molecule has 1 aromatic heterocycles. The number of carbonyl (C=O) groups is 3. The van der Waals surface area contributed by atoms with Gasteiger partial charge in [0.1, 0.15) is 6.29 Å². The van der Waals surface area contributed by atoms with Crippen molar-refractivity contribution in [3.05, 3.63) is 40.9 Å². The molecule has 2 fully saturated rings. The van der Waals surface area contributed by atoms with E-state index >= 15 is 0 Å². The molecule has 1 saturated heterocycles. The number of piperazine rings is 1. The summed E-state index contributed by atoms with van der Waals surface area (Å²) in [5, 5.41) is 7.60. The summed E-state index contributed by atoms with van der Waals surface area (Å²) in [5.41, 5.74) is 7.24. The van der Waals surface area contributed by atoms with Crippen molar-refractivity contribution >= 4 is 40.2 Å². The molecule has 4 rings (SSSR count). The number of benzene rings is 1. The van der Waals surface area contributed by atoms with Crippen LogP contribution in [0.4, 0.5) is 0 Å². The number of hydrogen-bond acceptors (Lipinski definition) is 8. The largest absolute Gasteiger partial charge is 0.372 e. The van der Waals surface area contributed by atoms with Crippen molar-refractivity contribution in [2.45, 2.75) is 91.0 Å². The molecule has 1 aromatic carbocycles. The van der Waals surface area contributed by atoms with Crippen molar-refractivity contribution in [3.63, 3.8) is 0 Å². The zero-order valence-electron chi connectivity index (χ0n) is 28.8. The molecule has 9 nitrogen and oxygen atoms in total. The number of nitrogens with one attached hydrogen (secondary N) is 2. The highest BCUT2D eigenvalue weighted by Gasteiger charge is 2.24. The first-order valence-corrected chi connectivity index (χ1v) is 17.5. The van der Waals surface area contributed by atoms with E-state index in [4.69, 9.17) is 9.78 Å². The van der Waals surface area contributed by atoms with Crippen molar-refractivity contribution in [2.75, 3.05) is 53.4 Å². The summed E-state index contributed by atoms with van der Waals surface area (Å²) >= 11 is 1.72. The van der Waals surface area contributed by atoms with Gasteiger partial charge >= 0.3 is 0 Å². The Morgan fingerprint density at radius 2 is 1.76 bits per heavy atom. The minimum absolute atomic E-state index is 0.156. The highest BCUT2D eigenvalue weighted by atomic mass is 32.1. The molecule has 2 heterocycles. The Morgan fingerprint density at radius 1 is 1.13 bits per heavy atom. The quantitative estimate of drug-likeness (QED) is 0.229. The standard InChI is InChI=1S/C22H33N3OS.C9H16N2O.C3H8.CH3NO/c1-15(2)17-9-10-18-20(13-17)27-22(25-18)12-11-21(26)24-19(14-23-3)16-7-5-4-6-8-16;1-9(8-12)7-11-5-3-10(2)4-6-11;1-3-2;2-1-3/h9-10,13,15-16,19,23H,4-8,11-12,14H2,1-3H3,(H,24,26);8H,1,3-7H2,2H3;3H2,1-2H3;1H,(H2,2,3). The maximum Gasteiger partial charge on any atom is 0.220 e. The van der Waals surface area contributed by atoms with Gasteiger partial charge in [-0.3, -0.25) is 19.3 Å². The molecule has 2 aromatic rings. The van der Waals surface area contributed by atoms with E-state index in [1.807, 2.05) is 7.05 Å². The van der Waals surface area contributed by atoms with Crippen LogP contribution >= 0.6 is 11.3 Å². The highest BCUT2D eigenvalue weighted by Crippen LogP contribution is 2.28. The number of nitrogens with zero attached hydrogens (tertiary/aromatic N) is 3. The number of fused-ring (bicyclic) bond motifs is 1.